The highest BCUT2D eigenvalue weighted by Crippen LogP contribution is 2.23. The van der Waals surface area contributed by atoms with E-state index in [2.05, 4.69) is 37.2 Å². The normalized spacial score (nSPS) is 29.0. The molecule has 11 atom stereocenters. The summed E-state index contributed by atoms with van der Waals surface area (Å²) in [6.07, 6.45) is 3.93. The van der Waals surface area contributed by atoms with Crippen LogP contribution >= 0.6 is 0 Å². The van der Waals surface area contributed by atoms with Crippen molar-refractivity contribution in [1.82, 2.24) is 42.1 Å². The van der Waals surface area contributed by atoms with Gasteiger partial charge in [-0.3, -0.25) is 42.6 Å². The predicted octanol–water partition coefficient (Wildman–Crippen LogP) is -0.0111. The molecule has 17 nitrogen and oxygen atoms in total. The van der Waals surface area contributed by atoms with Crippen LogP contribution in [0.25, 0.3) is 0 Å². The van der Waals surface area contributed by atoms with Crippen LogP contribution in [0.1, 0.15) is 107 Å². The molecule has 0 radical (unpaired) electrons. The van der Waals surface area contributed by atoms with Crippen LogP contribution in [0.15, 0.2) is 0 Å². The highest BCUT2D eigenvalue weighted by molar-refractivity contribution is 7.84. The van der Waals surface area contributed by atoms with Gasteiger partial charge in [-0.05, 0) is 56.3 Å². The van der Waals surface area contributed by atoms with Crippen LogP contribution in [0.4, 0.5) is 0 Å². The number of hydrogen-bond acceptors (Lipinski definition) is 9. The molecule has 0 saturated carbocycles. The number of amides is 8. The second-order valence-corrected chi connectivity index (χ2v) is 17.7. The first kappa shape index (κ1) is 49.1. The minimum absolute atomic E-state index is 0.0385. The average molecular weight is 825 g/mol. The molecule has 7 N–H and O–H groups in total. The minimum atomic E-state index is -1.33. The summed E-state index contributed by atoms with van der Waals surface area (Å²) < 4.78 is 12.0. The first-order valence-corrected chi connectivity index (χ1v) is 22.2. The molecule has 0 aromatic heterocycles. The van der Waals surface area contributed by atoms with E-state index >= 15 is 0 Å². The fraction of sp³-hybridized carbons (Fsp3) is 0.795. The quantitative estimate of drug-likeness (QED) is 0.148. The molecule has 2 saturated heterocycles. The van der Waals surface area contributed by atoms with Gasteiger partial charge >= 0.3 is 0 Å². The predicted molar refractivity (Wildman–Crippen MR) is 216 cm³/mol. The Morgan fingerprint density at radius 2 is 1.18 bits per heavy atom. The van der Waals surface area contributed by atoms with Gasteiger partial charge < -0.3 is 42.1 Å². The molecule has 0 spiro atoms. The van der Waals surface area contributed by atoms with Crippen molar-refractivity contribution in [2.24, 2.45) is 23.7 Å². The van der Waals surface area contributed by atoms with Crippen LogP contribution in [0.2, 0.25) is 0 Å². The Bertz CT molecular complexity index is 1480. The van der Waals surface area contributed by atoms with Crippen molar-refractivity contribution < 1.29 is 42.6 Å². The molecule has 324 valence electrons. The Labute approximate surface area is 340 Å². The molecule has 8 amide bonds. The maximum absolute atomic E-state index is 14.1. The lowest BCUT2D eigenvalue weighted by molar-refractivity contribution is -0.143. The summed E-state index contributed by atoms with van der Waals surface area (Å²) in [5, 5.41) is 18.9. The van der Waals surface area contributed by atoms with Crippen LogP contribution in [-0.2, 0) is 49.2 Å². The van der Waals surface area contributed by atoms with Crippen molar-refractivity contribution in [2.75, 3.05) is 25.1 Å². The lowest BCUT2D eigenvalue weighted by Crippen LogP contribution is -2.61. The van der Waals surface area contributed by atoms with E-state index in [9.17, 15) is 42.6 Å². The van der Waals surface area contributed by atoms with Gasteiger partial charge in [0.15, 0.2) is 0 Å². The average Bonchev–Trinajstić information content (AvgIpc) is 3.66. The van der Waals surface area contributed by atoms with Crippen molar-refractivity contribution in [3.8, 4) is 0 Å². The van der Waals surface area contributed by atoms with Gasteiger partial charge in [-0.2, -0.15) is 0 Å². The van der Waals surface area contributed by atoms with E-state index < -0.39 is 113 Å². The van der Waals surface area contributed by atoms with Crippen molar-refractivity contribution in [2.45, 2.75) is 150 Å². The largest absolute Gasteiger partial charge is 0.345 e. The summed E-state index contributed by atoms with van der Waals surface area (Å²) in [5.41, 5.74) is 0. The third-order valence-corrected chi connectivity index (χ3v) is 11.9. The maximum atomic E-state index is 14.1. The van der Waals surface area contributed by atoms with Crippen LogP contribution in [0, 0.1) is 23.7 Å². The molecule has 57 heavy (non-hydrogen) atoms. The highest BCUT2D eigenvalue weighted by Gasteiger charge is 2.41. The number of carbonyl (C=O) groups is 8. The molecule has 2 aliphatic heterocycles. The Morgan fingerprint density at radius 1 is 0.649 bits per heavy atom. The maximum Gasteiger partial charge on any atom is 0.246 e. The molecule has 2 aliphatic rings. The zero-order valence-electron chi connectivity index (χ0n) is 35.5. The fourth-order valence-electron chi connectivity index (χ4n) is 6.77. The molecule has 2 fully saturated rings. The summed E-state index contributed by atoms with van der Waals surface area (Å²) in [6, 6.07) is -7.61. The SMILES string of the molecule is CC[C@H](C)[C@@H]1NC(=O)[C@H](C)NC(=O)[C@H](CC(C)C)NC(=O)[C@H]([C@@H](C)CC)NC(=O)[C@@H]2CCCN2C(=O)[C@H]([C@@H](C)CC)NC(=O)CNC(=O)[C@@H](CCS(C)=O)NC1=O. The van der Waals surface area contributed by atoms with E-state index in [-0.39, 0.29) is 42.9 Å². The Balaban J connectivity index is 2.62. The van der Waals surface area contributed by atoms with E-state index in [1.807, 2.05) is 34.6 Å². The number of rotatable bonds is 11. The highest BCUT2D eigenvalue weighted by atomic mass is 32.2. The third kappa shape index (κ3) is 14.7. The summed E-state index contributed by atoms with van der Waals surface area (Å²) >= 11 is 0. The molecule has 0 bridgehead atoms. The Morgan fingerprint density at radius 3 is 1.70 bits per heavy atom. The summed E-state index contributed by atoms with van der Waals surface area (Å²) in [7, 11) is -1.33. The summed E-state index contributed by atoms with van der Waals surface area (Å²) in [4.78, 5) is 111. The van der Waals surface area contributed by atoms with Gasteiger partial charge in [0.25, 0.3) is 0 Å². The van der Waals surface area contributed by atoms with Gasteiger partial charge in [-0.1, -0.05) is 74.7 Å². The van der Waals surface area contributed by atoms with Gasteiger partial charge in [-0.15, -0.1) is 0 Å². The van der Waals surface area contributed by atoms with Crippen molar-refractivity contribution >= 4 is 58.1 Å². The van der Waals surface area contributed by atoms with Gasteiger partial charge in [0, 0.05) is 29.4 Å². The molecule has 0 aromatic carbocycles. The minimum Gasteiger partial charge on any atom is -0.345 e. The van der Waals surface area contributed by atoms with E-state index in [1.54, 1.807) is 20.8 Å². The molecule has 2 rings (SSSR count). The van der Waals surface area contributed by atoms with Gasteiger partial charge in [-0.25, -0.2) is 0 Å². The molecule has 0 aromatic rings. The van der Waals surface area contributed by atoms with Crippen molar-refractivity contribution in [3.63, 3.8) is 0 Å². The Hall–Kier alpha value is -4.09. The topological polar surface area (TPSA) is 241 Å². The first-order valence-electron chi connectivity index (χ1n) is 20.4. The standard InChI is InChI=1S/C39H68N8O9S/c1-11-22(6)30-37(53)42-26(16-18-57(10)56)34(50)40-20-29(48)44-32(24(8)13-3)39(55)47-17-14-15-28(47)36(52)46-31(23(7)12-2)38(54)43-27(19-21(4)5)35(51)41-25(9)33(49)45-30/h21-28,30-32H,11-20H2,1-10H3,(H,40,50)(H,41,51)(H,42,53)(H,43,54)(H,44,48)(H,45,49)(H,46,52)/t22-,23-,24-,25-,26+,27-,28-,30-,31-,32-,57?/m0/s1. The second-order valence-electron chi connectivity index (χ2n) is 16.1. The molecule has 1 unspecified atom stereocenters. The number of hydrogen-bond donors (Lipinski definition) is 7. The van der Waals surface area contributed by atoms with Gasteiger partial charge in [0.2, 0.25) is 47.3 Å². The van der Waals surface area contributed by atoms with Crippen LogP contribution in [-0.4, -0.2) is 124 Å². The second kappa shape index (κ2) is 23.3. The molecular formula is C39H68N8O9S. The smallest absolute Gasteiger partial charge is 0.246 e. The van der Waals surface area contributed by atoms with E-state index in [4.69, 9.17) is 0 Å². The summed E-state index contributed by atoms with van der Waals surface area (Å²) in [5.74, 6) is -6.17. The van der Waals surface area contributed by atoms with Gasteiger partial charge in [0.1, 0.15) is 42.3 Å². The molecule has 18 heteroatoms. The zero-order valence-corrected chi connectivity index (χ0v) is 36.3. The van der Waals surface area contributed by atoms with Crippen molar-refractivity contribution in [1.29, 1.82) is 0 Å². The fourth-order valence-corrected chi connectivity index (χ4v) is 7.34. The van der Waals surface area contributed by atoms with Crippen LogP contribution in [0.5, 0.6) is 0 Å². The monoisotopic (exact) mass is 824 g/mol. The lowest BCUT2D eigenvalue weighted by Gasteiger charge is -2.33. The lowest BCUT2D eigenvalue weighted by atomic mass is 9.95. The molecule has 2 heterocycles. The zero-order chi connectivity index (χ0) is 43.1. The summed E-state index contributed by atoms with van der Waals surface area (Å²) in [6.45, 7) is 15.8. The van der Waals surface area contributed by atoms with E-state index in [1.165, 1.54) is 18.1 Å². The van der Waals surface area contributed by atoms with E-state index in [0.717, 1.165) is 0 Å². The van der Waals surface area contributed by atoms with Crippen LogP contribution < -0.4 is 37.2 Å². The molecular weight excluding hydrogens is 757 g/mol. The van der Waals surface area contributed by atoms with Crippen LogP contribution in [0.3, 0.4) is 0 Å². The first-order chi connectivity index (χ1) is 26.7. The number of carbonyl (C=O) groups excluding carboxylic acids is 8. The number of fused-ring (bicyclic) bond motifs is 1. The number of nitrogens with zero attached hydrogens (tertiary/aromatic N) is 1. The molecule has 0 aliphatic carbocycles. The number of nitrogens with one attached hydrogen (secondary N) is 7. The van der Waals surface area contributed by atoms with Crippen molar-refractivity contribution in [3.05, 3.63) is 0 Å². The van der Waals surface area contributed by atoms with E-state index in [0.29, 0.717) is 32.1 Å². The Kier molecular flexibility index (Phi) is 20.1. The third-order valence-electron chi connectivity index (χ3n) is 11.1. The van der Waals surface area contributed by atoms with Gasteiger partial charge in [0.05, 0.1) is 6.54 Å².